The number of nitrogens with two attached hydrogens (primary N) is 1. The van der Waals surface area contributed by atoms with Gasteiger partial charge in [0.05, 0.1) is 17.0 Å². The lowest BCUT2D eigenvalue weighted by Gasteiger charge is -2.13. The smallest absolute Gasteiger partial charge is 0.169 e. The first kappa shape index (κ1) is 18.8. The summed E-state index contributed by atoms with van der Waals surface area (Å²) in [6.07, 6.45) is 5.48. The zero-order chi connectivity index (χ0) is 18.7. The van der Waals surface area contributed by atoms with E-state index >= 15 is 0 Å². The molecule has 3 heterocycles. The Morgan fingerprint density at radius 1 is 1.35 bits per heavy atom. The van der Waals surface area contributed by atoms with E-state index < -0.39 is 0 Å². The highest BCUT2D eigenvalue weighted by Crippen LogP contribution is 2.34. The largest absolute Gasteiger partial charge is 0.466 e. The first-order valence-electron chi connectivity index (χ1n) is 7.53. The highest BCUT2D eigenvalue weighted by atomic mass is 79.9. The van der Waals surface area contributed by atoms with Gasteiger partial charge in [0.25, 0.3) is 0 Å². The molecule has 0 fully saturated rings. The third-order valence-electron chi connectivity index (χ3n) is 3.63. The number of aromatic nitrogens is 2. The topological polar surface area (TPSA) is 77.0 Å². The molecule has 3 aromatic rings. The molecular weight excluding hydrogens is 443 g/mol. The van der Waals surface area contributed by atoms with Gasteiger partial charge in [0.15, 0.2) is 10.9 Å². The number of pyridine rings is 2. The van der Waals surface area contributed by atoms with Gasteiger partial charge in [-0.3, -0.25) is 4.98 Å². The Kier molecular flexibility index (Phi) is 5.85. The number of aryl methyl sites for hydroxylation is 2. The zero-order valence-corrected chi connectivity index (χ0v) is 16.5. The van der Waals surface area contributed by atoms with Gasteiger partial charge < -0.3 is 15.5 Å². The molecule has 0 amide bonds. The van der Waals surface area contributed by atoms with Gasteiger partial charge in [-0.05, 0) is 52.3 Å². The minimum Gasteiger partial charge on any atom is -0.466 e. The van der Waals surface area contributed by atoms with E-state index in [9.17, 15) is 4.39 Å². The Hall–Kier alpha value is -2.03. The van der Waals surface area contributed by atoms with Crippen molar-refractivity contribution in [2.45, 2.75) is 12.8 Å². The highest BCUT2D eigenvalue weighted by Gasteiger charge is 2.16. The maximum absolute atomic E-state index is 13.5. The zero-order valence-electron chi connectivity index (χ0n) is 13.3. The van der Waals surface area contributed by atoms with Crippen molar-refractivity contribution in [3.05, 3.63) is 63.5 Å². The molecule has 3 aromatic heterocycles. The van der Waals surface area contributed by atoms with E-state index in [0.29, 0.717) is 40.7 Å². The molecular formula is C17H13BrClFN4OS. The van der Waals surface area contributed by atoms with Crippen LogP contribution in [0, 0.1) is 5.82 Å². The highest BCUT2D eigenvalue weighted by molar-refractivity contribution is 9.10. The van der Waals surface area contributed by atoms with Gasteiger partial charge >= 0.3 is 0 Å². The van der Waals surface area contributed by atoms with Gasteiger partial charge in [-0.25, -0.2) is 9.37 Å². The van der Waals surface area contributed by atoms with Crippen LogP contribution < -0.4 is 11.1 Å². The van der Waals surface area contributed by atoms with Crippen LogP contribution >= 0.6 is 39.7 Å². The molecule has 3 rings (SSSR count). The van der Waals surface area contributed by atoms with Crippen LogP contribution in [0.25, 0.3) is 11.3 Å². The van der Waals surface area contributed by atoms with Crippen LogP contribution in [0.3, 0.4) is 0 Å². The third kappa shape index (κ3) is 4.20. The molecule has 5 nitrogen and oxygen atoms in total. The lowest BCUT2D eigenvalue weighted by molar-refractivity contribution is 0.472. The number of nitrogens with zero attached hydrogens (tertiary/aromatic N) is 2. The van der Waals surface area contributed by atoms with Crippen LogP contribution in [0.2, 0.25) is 5.02 Å². The van der Waals surface area contributed by atoms with Crippen molar-refractivity contribution in [3.8, 4) is 11.3 Å². The molecule has 3 N–H and O–H groups in total. The summed E-state index contributed by atoms with van der Waals surface area (Å²) in [5, 5.41) is 3.36. The number of nitrogens with one attached hydrogen (secondary N) is 1. The predicted molar refractivity (Wildman–Crippen MR) is 107 cm³/mol. The fourth-order valence-corrected chi connectivity index (χ4v) is 3.35. The van der Waals surface area contributed by atoms with Gasteiger partial charge in [0.1, 0.15) is 11.6 Å². The van der Waals surface area contributed by atoms with Crippen molar-refractivity contribution < 1.29 is 8.81 Å². The first-order chi connectivity index (χ1) is 12.5. The van der Waals surface area contributed by atoms with Crippen molar-refractivity contribution in [2.24, 2.45) is 5.73 Å². The van der Waals surface area contributed by atoms with Crippen molar-refractivity contribution in [1.82, 2.24) is 9.97 Å². The molecule has 134 valence electrons. The fraction of sp³-hybridized carbons (Fsp3) is 0.118. The first-order valence-corrected chi connectivity index (χ1v) is 9.11. The van der Waals surface area contributed by atoms with E-state index in [-0.39, 0.29) is 10.9 Å². The van der Waals surface area contributed by atoms with Gasteiger partial charge in [0, 0.05) is 34.9 Å². The monoisotopic (exact) mass is 454 g/mol. The summed E-state index contributed by atoms with van der Waals surface area (Å²) in [7, 11) is 0. The maximum Gasteiger partial charge on any atom is 0.169 e. The lowest BCUT2D eigenvalue weighted by atomic mass is 10.1. The Labute approximate surface area is 167 Å². The van der Waals surface area contributed by atoms with Gasteiger partial charge in [-0.1, -0.05) is 11.6 Å². The summed E-state index contributed by atoms with van der Waals surface area (Å²) in [5.41, 5.74) is 7.76. The van der Waals surface area contributed by atoms with Gasteiger partial charge in [0.2, 0.25) is 0 Å². The van der Waals surface area contributed by atoms with E-state index in [1.807, 2.05) is 6.07 Å². The Morgan fingerprint density at radius 2 is 2.15 bits per heavy atom. The summed E-state index contributed by atoms with van der Waals surface area (Å²) < 4.78 is 19.4. The third-order valence-corrected chi connectivity index (χ3v) is 4.83. The van der Waals surface area contributed by atoms with Crippen LogP contribution in [-0.2, 0) is 12.8 Å². The summed E-state index contributed by atoms with van der Waals surface area (Å²) in [4.78, 5) is 8.64. The lowest BCUT2D eigenvalue weighted by Crippen LogP contribution is -2.20. The Bertz CT molecular complexity index is 966. The molecule has 0 aliphatic heterocycles. The molecule has 26 heavy (non-hydrogen) atoms. The van der Waals surface area contributed by atoms with Crippen LogP contribution in [-0.4, -0.2) is 15.1 Å². The standard InChI is InChI=1S/C17H13BrClFN4OS/c18-14-9(1-2-13-12(20)4-6-25-13)3-5-22-15(14)11-7-10(19)8-23-16(11)24-17(21)26/h3-8H,1-2H2,(H3,21,23,24,26). The number of anilines is 1. The van der Waals surface area contributed by atoms with Crippen LogP contribution in [0.4, 0.5) is 10.2 Å². The van der Waals surface area contributed by atoms with E-state index in [1.165, 1.54) is 18.5 Å². The summed E-state index contributed by atoms with van der Waals surface area (Å²) in [5.74, 6) is 0.414. The second kappa shape index (κ2) is 8.11. The molecule has 0 saturated carbocycles. The molecule has 0 aliphatic carbocycles. The predicted octanol–water partition coefficient (Wildman–Crippen LogP) is 4.73. The maximum atomic E-state index is 13.5. The summed E-state index contributed by atoms with van der Waals surface area (Å²) in [6.45, 7) is 0. The molecule has 0 radical (unpaired) electrons. The number of thiocarbonyl (C=S) groups is 1. The SMILES string of the molecule is NC(=S)Nc1ncc(Cl)cc1-c1nccc(CCc2occc2F)c1Br. The van der Waals surface area contributed by atoms with E-state index in [0.717, 1.165) is 10.0 Å². The van der Waals surface area contributed by atoms with Crippen molar-refractivity contribution in [2.75, 3.05) is 5.32 Å². The minimum atomic E-state index is -0.350. The van der Waals surface area contributed by atoms with E-state index in [4.69, 9.17) is 34.0 Å². The van der Waals surface area contributed by atoms with Gasteiger partial charge in [-0.15, -0.1) is 0 Å². The second-order valence-corrected chi connectivity index (χ2v) is 7.03. The molecule has 0 spiro atoms. The van der Waals surface area contributed by atoms with E-state index in [2.05, 4.69) is 31.2 Å². The summed E-state index contributed by atoms with van der Waals surface area (Å²) in [6, 6.07) is 4.87. The normalized spacial score (nSPS) is 10.7. The number of hydrogen-bond donors (Lipinski definition) is 2. The van der Waals surface area contributed by atoms with Crippen LogP contribution in [0.1, 0.15) is 11.3 Å². The average Bonchev–Trinajstić information content (AvgIpc) is 3.00. The fourth-order valence-electron chi connectivity index (χ4n) is 2.45. The van der Waals surface area contributed by atoms with Gasteiger partial charge in [-0.2, -0.15) is 0 Å². The van der Waals surface area contributed by atoms with Crippen molar-refractivity contribution >= 4 is 50.7 Å². The summed E-state index contributed by atoms with van der Waals surface area (Å²) >= 11 is 14.6. The Morgan fingerprint density at radius 3 is 2.85 bits per heavy atom. The van der Waals surface area contributed by atoms with E-state index in [1.54, 1.807) is 12.3 Å². The molecule has 0 bridgehead atoms. The molecule has 0 aliphatic rings. The number of hydrogen-bond acceptors (Lipinski definition) is 4. The van der Waals surface area contributed by atoms with Crippen LogP contribution in [0.5, 0.6) is 0 Å². The number of rotatable bonds is 5. The molecule has 0 saturated heterocycles. The number of halogens is 3. The minimum absolute atomic E-state index is 0.0849. The Balaban J connectivity index is 1.95. The molecule has 0 aromatic carbocycles. The number of furan rings is 1. The molecule has 0 atom stereocenters. The van der Waals surface area contributed by atoms with Crippen molar-refractivity contribution in [1.29, 1.82) is 0 Å². The van der Waals surface area contributed by atoms with Crippen LogP contribution in [0.15, 0.2) is 45.7 Å². The second-order valence-electron chi connectivity index (χ2n) is 5.36. The van der Waals surface area contributed by atoms with Crippen molar-refractivity contribution in [3.63, 3.8) is 0 Å². The molecule has 0 unspecified atom stereocenters. The average molecular weight is 456 g/mol. The quantitative estimate of drug-likeness (QED) is 0.542. The molecule has 9 heteroatoms.